The van der Waals surface area contributed by atoms with Gasteiger partial charge in [0.2, 0.25) is 0 Å². The number of thioether (sulfide) groups is 1. The van der Waals surface area contributed by atoms with Gasteiger partial charge < -0.3 is 28.2 Å². The van der Waals surface area contributed by atoms with E-state index in [4.69, 9.17) is 22.8 Å². The number of hydrogen-bond acceptors (Lipinski definition) is 11. The first kappa shape index (κ1) is 37.5. The number of carbonyl (C=O) groups is 1. The van der Waals surface area contributed by atoms with Gasteiger partial charge in [-0.25, -0.2) is 4.79 Å². The van der Waals surface area contributed by atoms with Crippen LogP contribution in [0, 0.1) is 37.1 Å². The molecule has 0 aliphatic heterocycles. The third-order valence-electron chi connectivity index (χ3n) is 9.12. The van der Waals surface area contributed by atoms with Crippen LogP contribution in [-0.4, -0.2) is 54.2 Å². The van der Waals surface area contributed by atoms with Crippen LogP contribution in [0.25, 0.3) is 0 Å². The molecule has 1 aromatic heterocycles. The number of ether oxygens (including phenoxy) is 2. The van der Waals surface area contributed by atoms with Crippen LogP contribution in [0.15, 0.2) is 4.52 Å². The Morgan fingerprint density at radius 2 is 1.55 bits per heavy atom. The van der Waals surface area contributed by atoms with Crippen molar-refractivity contribution in [1.82, 2.24) is 15.5 Å². The molecule has 244 valence electrons. The number of carbonyl (C=O) groups excluding carboxylic acids is 1. The Morgan fingerprint density at radius 1 is 1.00 bits per heavy atom. The van der Waals surface area contributed by atoms with Crippen molar-refractivity contribution < 1.29 is 27.6 Å². The summed E-state index contributed by atoms with van der Waals surface area (Å²) in [6.45, 7) is 25.6. The predicted molar refractivity (Wildman–Crippen MR) is 178 cm³/mol. The Morgan fingerprint density at radius 3 is 1.98 bits per heavy atom. The molecule has 0 saturated heterocycles. The molecule has 2 rings (SSSR count). The summed E-state index contributed by atoms with van der Waals surface area (Å²) in [4.78, 5) is 17.7. The van der Waals surface area contributed by atoms with Gasteiger partial charge in [-0.3, -0.25) is 0 Å². The molecule has 1 heterocycles. The normalized spacial score (nSPS) is 12.9. The van der Waals surface area contributed by atoms with Crippen LogP contribution < -0.4 is 18.9 Å². The van der Waals surface area contributed by atoms with Gasteiger partial charge in [0.1, 0.15) is 6.04 Å². The van der Waals surface area contributed by atoms with Gasteiger partial charge in [0.05, 0.1) is 19.8 Å². The summed E-state index contributed by atoms with van der Waals surface area (Å²) in [5.41, 5.74) is 1.69. The van der Waals surface area contributed by atoms with Crippen molar-refractivity contribution in [2.24, 2.45) is 11.8 Å². The second kappa shape index (κ2) is 15.5. The van der Waals surface area contributed by atoms with Crippen LogP contribution in [0.3, 0.4) is 0 Å². The van der Waals surface area contributed by atoms with E-state index in [1.807, 2.05) is 13.1 Å². The molecular weight excluding hydrogens is 613 g/mol. The van der Waals surface area contributed by atoms with Crippen LogP contribution in [0.5, 0.6) is 17.2 Å². The molecule has 10 nitrogen and oxygen atoms in total. The lowest BCUT2D eigenvalue weighted by atomic mass is 9.99. The summed E-state index contributed by atoms with van der Waals surface area (Å²) in [5.74, 6) is 3.37. The van der Waals surface area contributed by atoms with Crippen LogP contribution in [-0.2, 0) is 10.5 Å². The minimum Gasteiger partial charge on any atom is -0.539 e. The number of nitrogens with zero attached hydrogens (tertiary/aromatic N) is 3. The van der Waals surface area contributed by atoms with Crippen LogP contribution in [0.2, 0.25) is 23.2 Å². The minimum atomic E-state index is -1.50. The topological polar surface area (TPSA) is 129 Å². The average Bonchev–Trinajstić information content (AvgIpc) is 3.39. The molecule has 0 aliphatic rings. The van der Waals surface area contributed by atoms with E-state index in [0.29, 0.717) is 69.0 Å². The van der Waals surface area contributed by atoms with E-state index < -0.39 is 30.1 Å². The fourth-order valence-electron chi connectivity index (χ4n) is 4.19. The summed E-state index contributed by atoms with van der Waals surface area (Å²) in [6, 6.07) is -0.504. The Hall–Kier alpha value is -2.70. The van der Waals surface area contributed by atoms with Gasteiger partial charge in [0.25, 0.3) is 24.0 Å². The fraction of sp³-hybridized carbons (Fsp3) is 0.677. The van der Waals surface area contributed by atoms with Gasteiger partial charge in [-0.1, -0.05) is 60.5 Å². The van der Waals surface area contributed by atoms with Gasteiger partial charge in [-0.15, -0.1) is 0 Å². The van der Waals surface area contributed by atoms with Crippen LogP contribution >= 0.6 is 11.8 Å². The maximum atomic E-state index is 13.4. The Balaban J connectivity index is 2.79. The number of nitrogens with one attached hydrogen (secondary N) is 1. The fourth-order valence-corrected chi connectivity index (χ4v) is 8.42. The minimum absolute atomic E-state index is 0.0770. The third-order valence-corrected chi connectivity index (χ3v) is 16.0. The molecule has 0 saturated carbocycles. The Kier molecular flexibility index (Phi) is 13.2. The molecule has 0 spiro atoms. The molecule has 2 aromatic rings. The number of nitriles is 1. The van der Waals surface area contributed by atoms with Gasteiger partial charge in [0, 0.05) is 22.6 Å². The highest BCUT2D eigenvalue weighted by atomic mass is 32.2. The number of aryl methyl sites for hydroxylation is 1. The van der Waals surface area contributed by atoms with Crippen molar-refractivity contribution >= 4 is 35.8 Å². The third kappa shape index (κ3) is 8.31. The summed E-state index contributed by atoms with van der Waals surface area (Å²) in [5, 5.41) is 15.8. The maximum absolute atomic E-state index is 13.4. The largest absolute Gasteiger partial charge is 0.539 e. The van der Waals surface area contributed by atoms with Gasteiger partial charge in [-0.2, -0.15) is 22.0 Å². The van der Waals surface area contributed by atoms with E-state index in [0.717, 1.165) is 0 Å². The standard InChI is InChI=1S/C31H50N4O6SSi2/c1-18(2)30(7,8)43(13)40-26-22(15-42-16-23(33-17-32)28-34-21(6)35-39-28)24(29(36)38-12)20(5)25(37-11)27(26)41-44(14)31(9,10)19(3)4/h18-19,23,33H,15-16H2,1-14H3. The second-order valence-electron chi connectivity index (χ2n) is 12.7. The lowest BCUT2D eigenvalue weighted by molar-refractivity contribution is 0.0598. The molecule has 1 N–H and O–H groups in total. The molecule has 0 aliphatic carbocycles. The van der Waals surface area contributed by atoms with Gasteiger partial charge in [0.15, 0.2) is 29.3 Å². The Labute approximate surface area is 271 Å². The van der Waals surface area contributed by atoms with E-state index >= 15 is 0 Å². The van der Waals surface area contributed by atoms with Gasteiger partial charge >= 0.3 is 5.97 Å². The second-order valence-corrected chi connectivity index (χ2v) is 19.0. The maximum Gasteiger partial charge on any atom is 0.338 e. The van der Waals surface area contributed by atoms with E-state index in [1.54, 1.807) is 14.0 Å². The molecule has 13 heteroatoms. The zero-order valence-corrected chi connectivity index (χ0v) is 31.7. The van der Waals surface area contributed by atoms with Crippen LogP contribution in [0.1, 0.15) is 94.6 Å². The number of rotatable bonds is 16. The van der Waals surface area contributed by atoms with Gasteiger partial charge in [-0.05, 0) is 48.9 Å². The van der Waals surface area contributed by atoms with Crippen molar-refractivity contribution in [1.29, 1.82) is 5.26 Å². The van der Waals surface area contributed by atoms with Crippen molar-refractivity contribution in [3.05, 3.63) is 28.4 Å². The highest BCUT2D eigenvalue weighted by Gasteiger charge is 2.40. The van der Waals surface area contributed by atoms with Crippen molar-refractivity contribution in [2.45, 2.75) is 104 Å². The van der Waals surface area contributed by atoms with Crippen molar-refractivity contribution in [3.8, 4) is 23.4 Å². The van der Waals surface area contributed by atoms with Crippen LogP contribution in [0.4, 0.5) is 0 Å². The molecule has 0 bridgehead atoms. The summed E-state index contributed by atoms with van der Waals surface area (Å²) in [6.07, 6.45) is 1.99. The predicted octanol–water partition coefficient (Wildman–Crippen LogP) is 7.40. The molecule has 44 heavy (non-hydrogen) atoms. The quantitative estimate of drug-likeness (QED) is 0.0835. The van der Waals surface area contributed by atoms with Crippen molar-refractivity contribution in [3.63, 3.8) is 0 Å². The average molecular weight is 663 g/mol. The molecular formula is C31H50N4O6SSi2. The lowest BCUT2D eigenvalue weighted by Crippen LogP contribution is -2.37. The molecule has 1 aromatic carbocycles. The zero-order chi connectivity index (χ0) is 33.6. The number of benzene rings is 1. The lowest BCUT2D eigenvalue weighted by Gasteiger charge is -2.37. The number of hydrogen-bond donors (Lipinski definition) is 1. The van der Waals surface area contributed by atoms with Crippen molar-refractivity contribution in [2.75, 3.05) is 20.0 Å². The highest BCUT2D eigenvalue weighted by molar-refractivity contribution is 7.98. The van der Waals surface area contributed by atoms with E-state index in [2.05, 4.69) is 83.9 Å². The van der Waals surface area contributed by atoms with E-state index in [-0.39, 0.29) is 10.1 Å². The van der Waals surface area contributed by atoms with E-state index in [9.17, 15) is 10.1 Å². The molecule has 0 fully saturated rings. The number of esters is 1. The first-order valence-electron chi connectivity index (χ1n) is 14.8. The smallest absolute Gasteiger partial charge is 0.338 e. The Bertz CT molecular complexity index is 1330. The molecule has 1 unspecified atom stereocenters. The highest BCUT2D eigenvalue weighted by Crippen LogP contribution is 2.51. The molecule has 2 radical (unpaired) electrons. The first-order valence-corrected chi connectivity index (χ1v) is 19.8. The molecule has 1 atom stereocenters. The summed E-state index contributed by atoms with van der Waals surface area (Å²) >= 11 is 1.51. The SMILES string of the molecule is COC(=O)c1c(C)c(OC)c(O[Si](C)C(C)(C)C(C)C)c(O[Si](C)C(C)(C)C(C)C)c1CSCC(NC#N)c1nc(C)no1. The van der Waals surface area contributed by atoms with E-state index in [1.165, 1.54) is 18.9 Å². The summed E-state index contributed by atoms with van der Waals surface area (Å²) in [7, 11) is 0.0137. The molecule has 0 amide bonds. The first-order chi connectivity index (χ1) is 20.4. The number of aromatic nitrogens is 2. The monoisotopic (exact) mass is 662 g/mol. The zero-order valence-electron chi connectivity index (χ0n) is 28.8. The summed E-state index contributed by atoms with van der Waals surface area (Å²) < 4.78 is 30.5. The number of methoxy groups -OCH3 is 2.